The Morgan fingerprint density at radius 1 is 1.53 bits per heavy atom. The summed E-state index contributed by atoms with van der Waals surface area (Å²) in [5, 5.41) is 9.18. The largest absolute Gasteiger partial charge is 0.508 e. The second kappa shape index (κ2) is 5.75. The van der Waals surface area contributed by atoms with E-state index in [1.54, 1.807) is 25.1 Å². The molecule has 0 aliphatic carbocycles. The molecule has 3 nitrogen and oxygen atoms in total. The first-order chi connectivity index (χ1) is 7.13. The fourth-order valence-electron chi connectivity index (χ4n) is 1.21. The van der Waals surface area contributed by atoms with Crippen LogP contribution in [0.4, 0.5) is 0 Å². The topological polar surface area (TPSA) is 46.5 Å². The SMILES string of the molecule is CCOC(=O)CCc1ccc(O)cc1Br. The Kier molecular flexibility index (Phi) is 4.62. The molecule has 15 heavy (non-hydrogen) atoms. The first-order valence-corrected chi connectivity index (χ1v) is 5.55. The van der Waals surface area contributed by atoms with Gasteiger partial charge in [0, 0.05) is 10.9 Å². The van der Waals surface area contributed by atoms with E-state index < -0.39 is 0 Å². The van der Waals surface area contributed by atoms with Crippen molar-refractivity contribution < 1.29 is 14.6 Å². The summed E-state index contributed by atoms with van der Waals surface area (Å²) >= 11 is 3.32. The molecule has 0 aliphatic heterocycles. The normalized spacial score (nSPS) is 10.0. The van der Waals surface area contributed by atoms with Crippen LogP contribution in [-0.4, -0.2) is 17.7 Å². The van der Waals surface area contributed by atoms with Crippen LogP contribution in [0.15, 0.2) is 22.7 Å². The summed E-state index contributed by atoms with van der Waals surface area (Å²) in [7, 11) is 0. The second-order valence-electron chi connectivity index (χ2n) is 3.08. The van der Waals surface area contributed by atoms with Gasteiger partial charge in [-0.05, 0) is 31.0 Å². The third-order valence-corrected chi connectivity index (χ3v) is 2.68. The fourth-order valence-corrected chi connectivity index (χ4v) is 1.77. The number of phenols is 1. The van der Waals surface area contributed by atoms with E-state index in [0.717, 1.165) is 10.0 Å². The highest BCUT2D eigenvalue weighted by molar-refractivity contribution is 9.10. The minimum atomic E-state index is -0.197. The maximum absolute atomic E-state index is 11.1. The first-order valence-electron chi connectivity index (χ1n) is 4.76. The maximum atomic E-state index is 11.1. The van der Waals surface area contributed by atoms with Gasteiger partial charge in [0.2, 0.25) is 0 Å². The molecule has 1 aromatic rings. The van der Waals surface area contributed by atoms with Crippen molar-refractivity contribution in [2.75, 3.05) is 6.61 Å². The predicted octanol–water partition coefficient (Wildman–Crippen LogP) is 2.65. The maximum Gasteiger partial charge on any atom is 0.306 e. The van der Waals surface area contributed by atoms with Crippen LogP contribution < -0.4 is 0 Å². The van der Waals surface area contributed by atoms with E-state index in [9.17, 15) is 9.90 Å². The van der Waals surface area contributed by atoms with Crippen molar-refractivity contribution in [2.45, 2.75) is 19.8 Å². The Labute approximate surface area is 97.2 Å². The lowest BCUT2D eigenvalue weighted by Crippen LogP contribution is -2.05. The number of hydrogen-bond donors (Lipinski definition) is 1. The van der Waals surface area contributed by atoms with Crippen LogP contribution in [0.2, 0.25) is 0 Å². The molecule has 0 spiro atoms. The summed E-state index contributed by atoms with van der Waals surface area (Å²) in [6, 6.07) is 5.00. The molecule has 1 aromatic carbocycles. The molecule has 0 unspecified atom stereocenters. The number of hydrogen-bond acceptors (Lipinski definition) is 3. The minimum absolute atomic E-state index is 0.197. The first kappa shape index (κ1) is 12.0. The molecular weight excluding hydrogens is 260 g/mol. The zero-order valence-corrected chi connectivity index (χ0v) is 10.1. The monoisotopic (exact) mass is 272 g/mol. The van der Waals surface area contributed by atoms with E-state index in [0.29, 0.717) is 19.4 Å². The van der Waals surface area contributed by atoms with Crippen molar-refractivity contribution in [1.82, 2.24) is 0 Å². The van der Waals surface area contributed by atoms with Crippen molar-refractivity contribution in [1.29, 1.82) is 0 Å². The number of phenolic OH excluding ortho intramolecular Hbond substituents is 1. The molecule has 0 aliphatic rings. The smallest absolute Gasteiger partial charge is 0.306 e. The summed E-state index contributed by atoms with van der Waals surface area (Å²) in [4.78, 5) is 11.1. The van der Waals surface area contributed by atoms with Crippen LogP contribution in [-0.2, 0) is 16.0 Å². The van der Waals surface area contributed by atoms with Crippen LogP contribution in [0.1, 0.15) is 18.9 Å². The Bertz CT molecular complexity index is 350. The van der Waals surface area contributed by atoms with Crippen LogP contribution in [0, 0.1) is 0 Å². The number of ether oxygens (including phenoxy) is 1. The van der Waals surface area contributed by atoms with E-state index in [1.807, 2.05) is 0 Å². The van der Waals surface area contributed by atoms with Gasteiger partial charge in [-0.15, -0.1) is 0 Å². The number of aromatic hydroxyl groups is 1. The van der Waals surface area contributed by atoms with Gasteiger partial charge >= 0.3 is 5.97 Å². The number of aryl methyl sites for hydroxylation is 1. The number of carbonyl (C=O) groups excluding carboxylic acids is 1. The lowest BCUT2D eigenvalue weighted by atomic mass is 10.1. The number of carbonyl (C=O) groups is 1. The third kappa shape index (κ3) is 3.91. The van der Waals surface area contributed by atoms with Gasteiger partial charge in [0.15, 0.2) is 0 Å². The van der Waals surface area contributed by atoms with Gasteiger partial charge in [-0.2, -0.15) is 0 Å². The quantitative estimate of drug-likeness (QED) is 0.858. The summed E-state index contributed by atoms with van der Waals surface area (Å²) in [5.41, 5.74) is 0.987. The Balaban J connectivity index is 2.54. The Morgan fingerprint density at radius 3 is 2.87 bits per heavy atom. The number of benzene rings is 1. The molecule has 1 N–H and O–H groups in total. The predicted molar refractivity (Wildman–Crippen MR) is 60.8 cm³/mol. The number of halogens is 1. The van der Waals surface area contributed by atoms with Gasteiger partial charge in [-0.25, -0.2) is 0 Å². The van der Waals surface area contributed by atoms with Crippen molar-refractivity contribution in [3.63, 3.8) is 0 Å². The van der Waals surface area contributed by atoms with Gasteiger partial charge in [-0.1, -0.05) is 22.0 Å². The molecule has 4 heteroatoms. The van der Waals surface area contributed by atoms with Gasteiger partial charge in [0.1, 0.15) is 5.75 Å². The average Bonchev–Trinajstić information content (AvgIpc) is 2.17. The van der Waals surface area contributed by atoms with E-state index in [-0.39, 0.29) is 11.7 Å². The molecule has 0 radical (unpaired) electrons. The lowest BCUT2D eigenvalue weighted by Gasteiger charge is -2.04. The highest BCUT2D eigenvalue weighted by atomic mass is 79.9. The fraction of sp³-hybridized carbons (Fsp3) is 0.364. The van der Waals surface area contributed by atoms with Crippen LogP contribution in [0.25, 0.3) is 0 Å². The van der Waals surface area contributed by atoms with Crippen molar-refractivity contribution in [2.24, 2.45) is 0 Å². The highest BCUT2D eigenvalue weighted by Crippen LogP contribution is 2.23. The van der Waals surface area contributed by atoms with E-state index >= 15 is 0 Å². The number of rotatable bonds is 4. The number of esters is 1. The summed E-state index contributed by atoms with van der Waals surface area (Å²) in [6.07, 6.45) is 0.969. The van der Waals surface area contributed by atoms with Crippen molar-refractivity contribution in [3.8, 4) is 5.75 Å². The molecule has 0 saturated heterocycles. The molecule has 0 heterocycles. The molecule has 1 rings (SSSR count). The molecule has 0 amide bonds. The summed E-state index contributed by atoms with van der Waals surface area (Å²) < 4.78 is 5.64. The average molecular weight is 273 g/mol. The van der Waals surface area contributed by atoms with Crippen LogP contribution in [0.5, 0.6) is 5.75 Å². The van der Waals surface area contributed by atoms with Gasteiger partial charge in [0.25, 0.3) is 0 Å². The van der Waals surface area contributed by atoms with Crippen molar-refractivity contribution in [3.05, 3.63) is 28.2 Å². The lowest BCUT2D eigenvalue weighted by molar-refractivity contribution is -0.143. The summed E-state index contributed by atoms with van der Waals surface area (Å²) in [6.45, 7) is 2.20. The highest BCUT2D eigenvalue weighted by Gasteiger charge is 2.05. The zero-order chi connectivity index (χ0) is 11.3. The molecular formula is C11H13BrO3. The van der Waals surface area contributed by atoms with Crippen LogP contribution in [0.3, 0.4) is 0 Å². The Hall–Kier alpha value is -1.03. The van der Waals surface area contributed by atoms with Gasteiger partial charge < -0.3 is 9.84 Å². The van der Waals surface area contributed by atoms with E-state index in [1.165, 1.54) is 0 Å². The summed E-state index contributed by atoms with van der Waals surface area (Å²) in [5.74, 6) is 0.0132. The van der Waals surface area contributed by atoms with Crippen LogP contribution >= 0.6 is 15.9 Å². The van der Waals surface area contributed by atoms with Gasteiger partial charge in [-0.3, -0.25) is 4.79 Å². The van der Waals surface area contributed by atoms with E-state index in [2.05, 4.69) is 15.9 Å². The standard InChI is InChI=1S/C11H13BrO3/c1-2-15-11(14)6-4-8-3-5-9(13)7-10(8)12/h3,5,7,13H,2,4,6H2,1H3. The van der Waals surface area contributed by atoms with Gasteiger partial charge in [0.05, 0.1) is 6.61 Å². The zero-order valence-electron chi connectivity index (χ0n) is 8.50. The molecule has 82 valence electrons. The van der Waals surface area contributed by atoms with E-state index in [4.69, 9.17) is 4.74 Å². The molecule has 0 saturated carbocycles. The van der Waals surface area contributed by atoms with Crippen molar-refractivity contribution >= 4 is 21.9 Å². The molecule has 0 bridgehead atoms. The third-order valence-electron chi connectivity index (χ3n) is 1.94. The molecule has 0 fully saturated rings. The minimum Gasteiger partial charge on any atom is -0.508 e. The Morgan fingerprint density at radius 2 is 2.27 bits per heavy atom. The second-order valence-corrected chi connectivity index (χ2v) is 3.94. The molecule has 0 atom stereocenters. The molecule has 0 aromatic heterocycles.